The van der Waals surface area contributed by atoms with Crippen LogP contribution in [0.25, 0.3) is 0 Å². The predicted octanol–water partition coefficient (Wildman–Crippen LogP) is 5.20. The van der Waals surface area contributed by atoms with E-state index in [0.29, 0.717) is 13.2 Å². The lowest BCUT2D eigenvalue weighted by Crippen LogP contribution is -2.16. The van der Waals surface area contributed by atoms with E-state index >= 15 is 0 Å². The summed E-state index contributed by atoms with van der Waals surface area (Å²) in [6.07, 6.45) is 3.53. The molecule has 0 fully saturated rings. The van der Waals surface area contributed by atoms with Gasteiger partial charge >= 0.3 is 0 Å². The van der Waals surface area contributed by atoms with Crippen LogP contribution >= 0.6 is 0 Å². The molecule has 2 heterocycles. The fourth-order valence-electron chi connectivity index (χ4n) is 3.27. The molecule has 2 aliphatic heterocycles. The van der Waals surface area contributed by atoms with Crippen LogP contribution in [0.4, 0.5) is 0 Å². The Morgan fingerprint density at radius 3 is 1.56 bits per heavy atom. The molecule has 0 aromatic heterocycles. The van der Waals surface area contributed by atoms with Crippen molar-refractivity contribution in [2.45, 2.75) is 65.3 Å². The first kappa shape index (κ1) is 18.0. The van der Waals surface area contributed by atoms with Gasteiger partial charge in [0.2, 0.25) is 12.6 Å². The summed E-state index contributed by atoms with van der Waals surface area (Å²) in [5, 5.41) is 0. The minimum Gasteiger partial charge on any atom is -0.451 e. The second-order valence-corrected chi connectivity index (χ2v) is 6.96. The number of hydrogen-bond donors (Lipinski definition) is 0. The summed E-state index contributed by atoms with van der Waals surface area (Å²) in [5.41, 5.74) is 2.14. The normalized spacial score (nSPS) is 19.5. The van der Waals surface area contributed by atoms with Crippen LogP contribution in [0.1, 0.15) is 50.7 Å². The summed E-state index contributed by atoms with van der Waals surface area (Å²) in [7, 11) is 0. The van der Waals surface area contributed by atoms with Crippen LogP contribution in [-0.2, 0) is 18.0 Å². The van der Waals surface area contributed by atoms with Crippen LogP contribution < -0.4 is 18.9 Å². The third kappa shape index (κ3) is 4.14. The summed E-state index contributed by atoms with van der Waals surface area (Å²) in [6.45, 7) is 5.27. The van der Waals surface area contributed by atoms with Gasteiger partial charge in [0.05, 0.1) is 13.2 Å². The summed E-state index contributed by atoms with van der Waals surface area (Å²) in [6, 6.07) is 12.0. The van der Waals surface area contributed by atoms with E-state index in [-0.39, 0.29) is 12.6 Å². The largest absolute Gasteiger partial charge is 0.451 e. The van der Waals surface area contributed by atoms with Crippen molar-refractivity contribution < 1.29 is 23.7 Å². The van der Waals surface area contributed by atoms with Gasteiger partial charge in [-0.1, -0.05) is 26.0 Å². The van der Waals surface area contributed by atoms with Crippen molar-refractivity contribution in [3.05, 3.63) is 47.5 Å². The first-order valence-electron chi connectivity index (χ1n) is 9.75. The van der Waals surface area contributed by atoms with Crippen LogP contribution in [0.3, 0.4) is 0 Å². The third-order valence-electron chi connectivity index (χ3n) is 4.64. The molecule has 2 aliphatic rings. The summed E-state index contributed by atoms with van der Waals surface area (Å²) < 4.78 is 29.0. The Bertz CT molecular complexity index is 723. The molecule has 0 aliphatic carbocycles. The number of hydrogen-bond acceptors (Lipinski definition) is 5. The van der Waals surface area contributed by atoms with Crippen LogP contribution in [-0.4, -0.2) is 12.6 Å². The average Bonchev–Trinajstić information content (AvgIpc) is 3.24. The fraction of sp³-hybridized carbons (Fsp3) is 0.455. The van der Waals surface area contributed by atoms with Gasteiger partial charge in [0.25, 0.3) is 0 Å². The average molecular weight is 370 g/mol. The maximum Gasteiger partial charge on any atom is 0.241 e. The molecule has 2 unspecified atom stereocenters. The van der Waals surface area contributed by atoms with E-state index in [0.717, 1.165) is 59.8 Å². The molecule has 5 heteroatoms. The van der Waals surface area contributed by atoms with Crippen LogP contribution in [0, 0.1) is 0 Å². The molecule has 27 heavy (non-hydrogen) atoms. The van der Waals surface area contributed by atoms with Gasteiger partial charge in [0, 0.05) is 12.8 Å². The molecule has 144 valence electrons. The van der Waals surface area contributed by atoms with Gasteiger partial charge < -0.3 is 23.7 Å². The second-order valence-electron chi connectivity index (χ2n) is 6.96. The molecule has 0 saturated carbocycles. The second kappa shape index (κ2) is 8.09. The monoisotopic (exact) mass is 370 g/mol. The van der Waals surface area contributed by atoms with E-state index in [1.807, 2.05) is 36.4 Å². The van der Waals surface area contributed by atoms with Crippen LogP contribution in [0.5, 0.6) is 23.0 Å². The van der Waals surface area contributed by atoms with Crippen molar-refractivity contribution >= 4 is 0 Å². The van der Waals surface area contributed by atoms with Gasteiger partial charge in [-0.25, -0.2) is 0 Å². The zero-order valence-corrected chi connectivity index (χ0v) is 15.9. The Kier molecular flexibility index (Phi) is 5.39. The highest BCUT2D eigenvalue weighted by Crippen LogP contribution is 2.38. The maximum absolute atomic E-state index is 5.88. The molecular formula is C22H26O5. The fourth-order valence-corrected chi connectivity index (χ4v) is 3.27. The van der Waals surface area contributed by atoms with Gasteiger partial charge in [-0.05, 0) is 48.2 Å². The van der Waals surface area contributed by atoms with E-state index in [4.69, 9.17) is 23.7 Å². The highest BCUT2D eigenvalue weighted by molar-refractivity contribution is 5.45. The topological polar surface area (TPSA) is 46.2 Å². The highest BCUT2D eigenvalue weighted by Gasteiger charge is 2.24. The number of ether oxygens (including phenoxy) is 5. The third-order valence-corrected chi connectivity index (χ3v) is 4.64. The lowest BCUT2D eigenvalue weighted by atomic mass is 10.2. The molecule has 2 aromatic rings. The Morgan fingerprint density at radius 1 is 0.667 bits per heavy atom. The summed E-state index contributed by atoms with van der Waals surface area (Å²) in [4.78, 5) is 0. The molecule has 2 atom stereocenters. The van der Waals surface area contributed by atoms with E-state index in [1.54, 1.807) is 0 Å². The van der Waals surface area contributed by atoms with E-state index < -0.39 is 0 Å². The first-order valence-corrected chi connectivity index (χ1v) is 9.75. The maximum atomic E-state index is 5.88. The quantitative estimate of drug-likeness (QED) is 0.639. The lowest BCUT2D eigenvalue weighted by molar-refractivity contribution is 0.0410. The molecular weight excluding hydrogens is 344 g/mol. The van der Waals surface area contributed by atoms with Gasteiger partial charge in [0.15, 0.2) is 23.0 Å². The van der Waals surface area contributed by atoms with Crippen molar-refractivity contribution in [2.24, 2.45) is 0 Å². The molecule has 5 nitrogen and oxygen atoms in total. The molecule has 0 saturated heterocycles. The van der Waals surface area contributed by atoms with Crippen molar-refractivity contribution in [1.82, 2.24) is 0 Å². The molecule has 2 aromatic carbocycles. The molecule has 0 radical (unpaired) electrons. The van der Waals surface area contributed by atoms with E-state index in [1.165, 1.54) is 0 Å². The van der Waals surface area contributed by atoms with Gasteiger partial charge in [-0.3, -0.25) is 0 Å². The van der Waals surface area contributed by atoms with Gasteiger partial charge in [0.1, 0.15) is 0 Å². The minimum absolute atomic E-state index is 0.161. The molecule has 0 bridgehead atoms. The number of fused-ring (bicyclic) bond motifs is 2. The summed E-state index contributed by atoms with van der Waals surface area (Å²) in [5.74, 6) is 3.24. The molecule has 0 N–H and O–H groups in total. The number of benzene rings is 2. The van der Waals surface area contributed by atoms with Crippen molar-refractivity contribution in [2.75, 3.05) is 0 Å². The SMILES string of the molecule is CCCC1Oc2ccc(COCc3ccc4c(c3)OC(CCC)O4)cc2O1. The zero-order valence-electron chi connectivity index (χ0n) is 15.9. The Balaban J connectivity index is 1.30. The van der Waals surface area contributed by atoms with Gasteiger partial charge in [-0.15, -0.1) is 0 Å². The van der Waals surface area contributed by atoms with Gasteiger partial charge in [-0.2, -0.15) is 0 Å². The molecule has 0 amide bonds. The predicted molar refractivity (Wildman–Crippen MR) is 101 cm³/mol. The van der Waals surface area contributed by atoms with Crippen LogP contribution in [0.2, 0.25) is 0 Å². The number of rotatable bonds is 8. The van der Waals surface area contributed by atoms with Crippen molar-refractivity contribution in [3.63, 3.8) is 0 Å². The standard InChI is InChI=1S/C22H26O5/c1-3-5-21-24-17-9-7-15(11-19(17)26-21)13-23-14-16-8-10-18-20(12-16)27-22(25-18)6-4-2/h7-12,21-22H,3-6,13-14H2,1-2H3. The van der Waals surface area contributed by atoms with Crippen molar-refractivity contribution in [3.8, 4) is 23.0 Å². The Labute approximate surface area is 160 Å². The lowest BCUT2D eigenvalue weighted by Gasteiger charge is -2.07. The molecule has 0 spiro atoms. The highest BCUT2D eigenvalue weighted by atomic mass is 16.7. The Morgan fingerprint density at radius 2 is 1.11 bits per heavy atom. The van der Waals surface area contributed by atoms with Crippen molar-refractivity contribution in [1.29, 1.82) is 0 Å². The van der Waals surface area contributed by atoms with E-state index in [9.17, 15) is 0 Å². The first-order chi connectivity index (χ1) is 13.2. The zero-order chi connectivity index (χ0) is 18.6. The minimum atomic E-state index is -0.161. The van der Waals surface area contributed by atoms with Crippen LogP contribution in [0.15, 0.2) is 36.4 Å². The van der Waals surface area contributed by atoms with E-state index in [2.05, 4.69) is 13.8 Å². The summed E-state index contributed by atoms with van der Waals surface area (Å²) >= 11 is 0. The molecule has 4 rings (SSSR count). The Hall–Kier alpha value is -2.40. The smallest absolute Gasteiger partial charge is 0.241 e.